The van der Waals surface area contributed by atoms with Gasteiger partial charge >= 0.3 is 0 Å². The van der Waals surface area contributed by atoms with Crippen molar-refractivity contribution in [3.63, 3.8) is 0 Å². The summed E-state index contributed by atoms with van der Waals surface area (Å²) in [5, 5.41) is 0. The van der Waals surface area contributed by atoms with Crippen molar-refractivity contribution < 1.29 is 0 Å². The largest absolute Gasteiger partial charge is 0.329 e. The summed E-state index contributed by atoms with van der Waals surface area (Å²) >= 11 is 0. The van der Waals surface area contributed by atoms with Crippen molar-refractivity contribution in [1.82, 2.24) is 4.98 Å². The van der Waals surface area contributed by atoms with Crippen LogP contribution in [0.2, 0.25) is 0 Å². The molecule has 14 heavy (non-hydrogen) atoms. The SMILES string of the molecule is C=C1C=C(c2ccc[nH]c2=O)C=CC1. The van der Waals surface area contributed by atoms with Crippen LogP contribution in [0.3, 0.4) is 0 Å². The number of pyridine rings is 1. The number of H-pyrrole nitrogens is 1. The maximum atomic E-state index is 11.5. The lowest BCUT2D eigenvalue weighted by Gasteiger charge is -2.07. The van der Waals surface area contributed by atoms with E-state index in [1.54, 1.807) is 6.20 Å². The van der Waals surface area contributed by atoms with Crippen LogP contribution in [0.1, 0.15) is 12.0 Å². The first-order chi connectivity index (χ1) is 6.77. The predicted molar refractivity (Wildman–Crippen MR) is 57.9 cm³/mol. The van der Waals surface area contributed by atoms with Crippen molar-refractivity contribution in [3.8, 4) is 0 Å². The Bertz CT molecular complexity index is 477. The van der Waals surface area contributed by atoms with Crippen LogP contribution in [0.15, 0.2) is 53.5 Å². The van der Waals surface area contributed by atoms with E-state index in [9.17, 15) is 4.79 Å². The normalized spacial score (nSPS) is 15.4. The van der Waals surface area contributed by atoms with Gasteiger partial charge in [0.2, 0.25) is 0 Å². The summed E-state index contributed by atoms with van der Waals surface area (Å²) in [6.07, 6.45) is 8.43. The molecule has 70 valence electrons. The zero-order chi connectivity index (χ0) is 9.97. The number of aromatic amines is 1. The van der Waals surface area contributed by atoms with Crippen molar-refractivity contribution in [3.05, 3.63) is 64.6 Å². The number of nitrogens with one attached hydrogen (secondary N) is 1. The van der Waals surface area contributed by atoms with E-state index >= 15 is 0 Å². The fourth-order valence-electron chi connectivity index (χ4n) is 1.48. The predicted octanol–water partition coefficient (Wildman–Crippen LogP) is 2.27. The summed E-state index contributed by atoms with van der Waals surface area (Å²) in [5.41, 5.74) is 2.61. The molecule has 1 aliphatic rings. The van der Waals surface area contributed by atoms with Gasteiger partial charge < -0.3 is 4.98 Å². The highest BCUT2D eigenvalue weighted by atomic mass is 16.1. The topological polar surface area (TPSA) is 32.9 Å². The number of hydrogen-bond donors (Lipinski definition) is 1. The minimum absolute atomic E-state index is 0.0573. The fourth-order valence-corrected chi connectivity index (χ4v) is 1.48. The third-order valence-corrected chi connectivity index (χ3v) is 2.17. The molecule has 2 rings (SSSR count). The molecule has 1 N–H and O–H groups in total. The minimum atomic E-state index is -0.0573. The smallest absolute Gasteiger partial charge is 0.255 e. The van der Waals surface area contributed by atoms with E-state index < -0.39 is 0 Å². The molecule has 0 aromatic carbocycles. The van der Waals surface area contributed by atoms with Crippen molar-refractivity contribution in [1.29, 1.82) is 0 Å². The van der Waals surface area contributed by atoms with Crippen LogP contribution >= 0.6 is 0 Å². The minimum Gasteiger partial charge on any atom is -0.329 e. The highest BCUT2D eigenvalue weighted by molar-refractivity contribution is 5.76. The van der Waals surface area contributed by atoms with Gasteiger partial charge in [-0.25, -0.2) is 0 Å². The molecule has 0 radical (unpaired) electrons. The molecule has 0 fully saturated rings. The highest BCUT2D eigenvalue weighted by Crippen LogP contribution is 2.20. The highest BCUT2D eigenvalue weighted by Gasteiger charge is 2.05. The van der Waals surface area contributed by atoms with Crippen molar-refractivity contribution in [2.75, 3.05) is 0 Å². The molecular weight excluding hydrogens is 174 g/mol. The Labute approximate surface area is 82.3 Å². The van der Waals surface area contributed by atoms with Gasteiger partial charge in [-0.3, -0.25) is 4.79 Å². The van der Waals surface area contributed by atoms with Gasteiger partial charge in [-0.05, 0) is 24.1 Å². The molecule has 0 unspecified atom stereocenters. The van der Waals surface area contributed by atoms with Gasteiger partial charge in [-0.1, -0.05) is 30.4 Å². The molecule has 0 atom stereocenters. The Balaban J connectivity index is 2.51. The molecule has 1 aliphatic carbocycles. The van der Waals surface area contributed by atoms with E-state index in [1.807, 2.05) is 30.4 Å². The maximum absolute atomic E-state index is 11.5. The second kappa shape index (κ2) is 3.50. The summed E-state index contributed by atoms with van der Waals surface area (Å²) < 4.78 is 0. The molecule has 0 amide bonds. The first kappa shape index (κ1) is 8.75. The second-order valence-electron chi connectivity index (χ2n) is 3.28. The quantitative estimate of drug-likeness (QED) is 0.715. The third kappa shape index (κ3) is 1.59. The van der Waals surface area contributed by atoms with Gasteiger partial charge in [-0.15, -0.1) is 0 Å². The van der Waals surface area contributed by atoms with E-state index in [1.165, 1.54) is 0 Å². The van der Waals surface area contributed by atoms with E-state index in [2.05, 4.69) is 11.6 Å². The molecule has 1 aromatic rings. The molecule has 0 saturated carbocycles. The zero-order valence-electron chi connectivity index (χ0n) is 7.79. The molecular formula is C12H11NO. The average molecular weight is 185 g/mol. The summed E-state index contributed by atoms with van der Waals surface area (Å²) in [6.45, 7) is 3.88. The van der Waals surface area contributed by atoms with Gasteiger partial charge in [0.1, 0.15) is 0 Å². The van der Waals surface area contributed by atoms with Crippen LogP contribution in [0, 0.1) is 0 Å². The molecule has 2 heteroatoms. The molecule has 0 saturated heterocycles. The first-order valence-electron chi connectivity index (χ1n) is 4.51. The number of rotatable bonds is 1. The summed E-state index contributed by atoms with van der Waals surface area (Å²) in [4.78, 5) is 14.1. The lowest BCUT2D eigenvalue weighted by molar-refractivity contribution is 1.21. The number of hydrogen-bond acceptors (Lipinski definition) is 1. The maximum Gasteiger partial charge on any atom is 0.255 e. The van der Waals surface area contributed by atoms with Crippen LogP contribution in [-0.2, 0) is 0 Å². The van der Waals surface area contributed by atoms with Crippen molar-refractivity contribution in [2.24, 2.45) is 0 Å². The molecule has 1 aromatic heterocycles. The lowest BCUT2D eigenvalue weighted by atomic mass is 9.98. The Hall–Kier alpha value is -1.83. The molecule has 0 spiro atoms. The monoisotopic (exact) mass is 185 g/mol. The van der Waals surface area contributed by atoms with Gasteiger partial charge in [0.25, 0.3) is 5.56 Å². The van der Waals surface area contributed by atoms with Crippen LogP contribution in [0.25, 0.3) is 5.57 Å². The first-order valence-corrected chi connectivity index (χ1v) is 4.51. The standard InChI is InChI=1S/C12H11NO/c1-9-4-2-5-10(8-9)11-6-3-7-13-12(11)14/h2-3,5-8H,1,4H2,(H,13,14). The van der Waals surface area contributed by atoms with Gasteiger partial charge in [0, 0.05) is 11.8 Å². The van der Waals surface area contributed by atoms with Crippen LogP contribution in [-0.4, -0.2) is 4.98 Å². The van der Waals surface area contributed by atoms with Crippen LogP contribution in [0.4, 0.5) is 0 Å². The van der Waals surface area contributed by atoms with Gasteiger partial charge in [0.05, 0.1) is 0 Å². The van der Waals surface area contributed by atoms with E-state index in [4.69, 9.17) is 0 Å². The van der Waals surface area contributed by atoms with Crippen LogP contribution in [0.5, 0.6) is 0 Å². The summed E-state index contributed by atoms with van der Waals surface area (Å²) in [6, 6.07) is 3.64. The lowest BCUT2D eigenvalue weighted by Crippen LogP contribution is -2.10. The van der Waals surface area contributed by atoms with Crippen molar-refractivity contribution >= 4 is 5.57 Å². The molecule has 2 nitrogen and oxygen atoms in total. The Morgan fingerprint density at radius 1 is 1.43 bits per heavy atom. The van der Waals surface area contributed by atoms with Gasteiger partial charge in [0.15, 0.2) is 0 Å². The Kier molecular flexibility index (Phi) is 2.19. The van der Waals surface area contributed by atoms with E-state index in [-0.39, 0.29) is 5.56 Å². The molecule has 1 heterocycles. The van der Waals surface area contributed by atoms with E-state index in [0.29, 0.717) is 5.56 Å². The molecule has 0 bridgehead atoms. The van der Waals surface area contributed by atoms with Crippen LogP contribution < -0.4 is 5.56 Å². The molecule has 0 aliphatic heterocycles. The third-order valence-electron chi connectivity index (χ3n) is 2.17. The average Bonchev–Trinajstić information content (AvgIpc) is 2.18. The summed E-state index contributed by atoms with van der Waals surface area (Å²) in [5.74, 6) is 0. The fraction of sp³-hybridized carbons (Fsp3) is 0.0833. The Morgan fingerprint density at radius 3 is 3.00 bits per heavy atom. The zero-order valence-corrected chi connectivity index (χ0v) is 7.79. The Morgan fingerprint density at radius 2 is 2.29 bits per heavy atom. The number of allylic oxidation sites excluding steroid dienone is 5. The van der Waals surface area contributed by atoms with Gasteiger partial charge in [-0.2, -0.15) is 0 Å². The van der Waals surface area contributed by atoms with E-state index in [0.717, 1.165) is 17.6 Å². The second-order valence-corrected chi connectivity index (χ2v) is 3.28. The number of aromatic nitrogens is 1. The van der Waals surface area contributed by atoms with Crippen molar-refractivity contribution in [2.45, 2.75) is 6.42 Å². The summed E-state index contributed by atoms with van der Waals surface area (Å²) in [7, 11) is 0.